The number of carbonyl (C=O) groups is 1. The number of hydrogen-bond acceptors (Lipinski definition) is 3. The van der Waals surface area contributed by atoms with Crippen LogP contribution in [0.15, 0.2) is 35.5 Å². The first kappa shape index (κ1) is 16.7. The highest BCUT2D eigenvalue weighted by Crippen LogP contribution is 2.26. The minimum absolute atomic E-state index is 0.469. The molecule has 1 N–H and O–H groups in total. The van der Waals surface area contributed by atoms with Crippen LogP contribution < -0.4 is 5.32 Å². The Bertz CT molecular complexity index is 497. The van der Waals surface area contributed by atoms with Gasteiger partial charge in [0.05, 0.1) is 11.2 Å². The van der Waals surface area contributed by atoms with Crippen molar-refractivity contribution in [1.82, 2.24) is 10.3 Å². The third-order valence-corrected chi connectivity index (χ3v) is 3.11. The first-order chi connectivity index (χ1) is 9.16. The predicted molar refractivity (Wildman–Crippen MR) is 83.5 cm³/mol. The van der Waals surface area contributed by atoms with Gasteiger partial charge >= 0.3 is 6.09 Å². The van der Waals surface area contributed by atoms with Crippen molar-refractivity contribution < 1.29 is 9.53 Å². The van der Waals surface area contributed by atoms with E-state index in [1.54, 1.807) is 12.3 Å². The fraction of sp³-hybridized carbons (Fsp3) is 0.467. The number of carbonyl (C=O) groups excluding carboxylic acids is 1. The van der Waals surface area contributed by atoms with Gasteiger partial charge in [0.1, 0.15) is 5.60 Å². The van der Waals surface area contributed by atoms with Gasteiger partial charge < -0.3 is 10.1 Å². The molecule has 1 rings (SSSR count). The molecule has 0 fully saturated rings. The van der Waals surface area contributed by atoms with Crippen LogP contribution in [0.5, 0.6) is 0 Å². The average molecular weight is 341 g/mol. The van der Waals surface area contributed by atoms with Gasteiger partial charge in [-0.3, -0.25) is 4.98 Å². The third-order valence-electron chi connectivity index (χ3n) is 2.62. The number of nitrogens with zero attached hydrogens (tertiary/aromatic N) is 1. The normalized spacial score (nSPS) is 14.2. The molecule has 0 aliphatic rings. The van der Waals surface area contributed by atoms with Crippen molar-refractivity contribution in [2.75, 3.05) is 0 Å². The summed E-state index contributed by atoms with van der Waals surface area (Å²) in [7, 11) is 0. The summed E-state index contributed by atoms with van der Waals surface area (Å²) in [5.74, 6) is 0. The van der Waals surface area contributed by atoms with Crippen LogP contribution in [0.1, 0.15) is 39.8 Å². The van der Waals surface area contributed by atoms with Gasteiger partial charge in [0.15, 0.2) is 0 Å². The number of rotatable bonds is 4. The highest BCUT2D eigenvalue weighted by Gasteiger charge is 2.31. The van der Waals surface area contributed by atoms with E-state index >= 15 is 0 Å². The molecule has 0 unspecified atom stereocenters. The van der Waals surface area contributed by atoms with Gasteiger partial charge in [-0.15, -0.1) is 6.58 Å². The quantitative estimate of drug-likeness (QED) is 0.837. The second-order valence-electron chi connectivity index (χ2n) is 5.81. The number of amides is 1. The Balaban J connectivity index is 2.98. The molecule has 0 aliphatic heterocycles. The summed E-state index contributed by atoms with van der Waals surface area (Å²) in [6.07, 6.45) is 3.52. The van der Waals surface area contributed by atoms with E-state index in [1.807, 2.05) is 39.8 Å². The van der Waals surface area contributed by atoms with Gasteiger partial charge in [-0.05, 0) is 46.2 Å². The smallest absolute Gasteiger partial charge is 0.408 e. The summed E-state index contributed by atoms with van der Waals surface area (Å²) < 4.78 is 6.21. The topological polar surface area (TPSA) is 51.2 Å². The van der Waals surface area contributed by atoms with E-state index in [2.05, 4.69) is 32.8 Å². The van der Waals surface area contributed by atoms with E-state index in [0.29, 0.717) is 6.42 Å². The molecule has 110 valence electrons. The van der Waals surface area contributed by atoms with Crippen LogP contribution in [0.25, 0.3) is 0 Å². The maximum atomic E-state index is 12.0. The van der Waals surface area contributed by atoms with E-state index in [0.717, 1.165) is 10.2 Å². The molecule has 5 heteroatoms. The van der Waals surface area contributed by atoms with Crippen molar-refractivity contribution in [2.24, 2.45) is 0 Å². The zero-order valence-corrected chi connectivity index (χ0v) is 14.0. The summed E-state index contributed by atoms with van der Waals surface area (Å²) in [6, 6.07) is 3.71. The third kappa shape index (κ3) is 4.96. The molecule has 0 aliphatic carbocycles. The number of pyridine rings is 1. The molecule has 4 nitrogen and oxygen atoms in total. The van der Waals surface area contributed by atoms with E-state index in [1.165, 1.54) is 0 Å². The first-order valence-corrected chi connectivity index (χ1v) is 7.20. The van der Waals surface area contributed by atoms with Crippen LogP contribution in [-0.4, -0.2) is 16.7 Å². The molecule has 20 heavy (non-hydrogen) atoms. The van der Waals surface area contributed by atoms with Crippen LogP contribution in [0.3, 0.4) is 0 Å². The first-order valence-electron chi connectivity index (χ1n) is 6.40. The minimum Gasteiger partial charge on any atom is -0.444 e. The summed E-state index contributed by atoms with van der Waals surface area (Å²) in [5, 5.41) is 2.88. The summed E-state index contributed by atoms with van der Waals surface area (Å²) >= 11 is 3.41. The van der Waals surface area contributed by atoms with Crippen LogP contribution >= 0.6 is 15.9 Å². The number of nitrogens with one attached hydrogen (secondary N) is 1. The van der Waals surface area contributed by atoms with Crippen LogP contribution in [0.2, 0.25) is 0 Å². The molecule has 1 heterocycles. The van der Waals surface area contributed by atoms with Gasteiger partial charge in [-0.1, -0.05) is 22.0 Å². The van der Waals surface area contributed by atoms with Crippen LogP contribution in [0.4, 0.5) is 4.79 Å². The SMILES string of the molecule is C=CC[C@](C)(NC(=O)OC(C)(C)C)c1cc(Br)ccn1. The molecular weight excluding hydrogens is 320 g/mol. The monoisotopic (exact) mass is 340 g/mol. The van der Waals surface area contributed by atoms with Crippen molar-refractivity contribution in [1.29, 1.82) is 0 Å². The molecule has 0 saturated carbocycles. The highest BCUT2D eigenvalue weighted by atomic mass is 79.9. The Kier molecular flexibility index (Phi) is 5.34. The van der Waals surface area contributed by atoms with Gasteiger partial charge in [-0.25, -0.2) is 4.79 Å². The van der Waals surface area contributed by atoms with Crippen LogP contribution in [0, 0.1) is 0 Å². The van der Waals surface area contributed by atoms with Crippen molar-refractivity contribution >= 4 is 22.0 Å². The molecular formula is C15H21BrN2O2. The van der Waals surface area contributed by atoms with Gasteiger partial charge in [-0.2, -0.15) is 0 Å². The van der Waals surface area contributed by atoms with Gasteiger partial charge in [0.25, 0.3) is 0 Å². The molecule has 0 radical (unpaired) electrons. The fourth-order valence-corrected chi connectivity index (χ4v) is 2.08. The summed E-state index contributed by atoms with van der Waals surface area (Å²) in [6.45, 7) is 11.1. The Morgan fingerprint density at radius 1 is 1.50 bits per heavy atom. The molecule has 0 bridgehead atoms. The molecule has 1 aromatic heterocycles. The van der Waals surface area contributed by atoms with Crippen molar-refractivity contribution in [3.05, 3.63) is 41.2 Å². The lowest BCUT2D eigenvalue weighted by Gasteiger charge is -2.31. The van der Waals surface area contributed by atoms with Gasteiger partial charge in [0.2, 0.25) is 0 Å². The molecule has 0 spiro atoms. The largest absolute Gasteiger partial charge is 0.444 e. The lowest BCUT2D eigenvalue weighted by atomic mass is 9.93. The molecule has 1 atom stereocenters. The van der Waals surface area contributed by atoms with Crippen molar-refractivity contribution in [3.63, 3.8) is 0 Å². The maximum Gasteiger partial charge on any atom is 0.408 e. The Hall–Kier alpha value is -1.36. The van der Waals surface area contributed by atoms with Gasteiger partial charge in [0, 0.05) is 10.7 Å². The number of alkyl carbamates (subject to hydrolysis) is 1. The van der Waals surface area contributed by atoms with E-state index in [9.17, 15) is 4.79 Å². The predicted octanol–water partition coefficient (Wildman–Crippen LogP) is 4.16. The second kappa shape index (κ2) is 6.39. The molecule has 1 amide bonds. The molecule has 1 aromatic rings. The van der Waals surface area contributed by atoms with E-state index in [-0.39, 0.29) is 0 Å². The summed E-state index contributed by atoms with van der Waals surface area (Å²) in [5.41, 5.74) is -0.449. The fourth-order valence-electron chi connectivity index (χ4n) is 1.74. The number of ether oxygens (including phenoxy) is 1. The van der Waals surface area contributed by atoms with Crippen molar-refractivity contribution in [3.8, 4) is 0 Å². The number of halogens is 1. The van der Waals surface area contributed by atoms with Crippen molar-refractivity contribution in [2.45, 2.75) is 45.3 Å². The summed E-state index contributed by atoms with van der Waals surface area (Å²) in [4.78, 5) is 16.3. The lowest BCUT2D eigenvalue weighted by Crippen LogP contribution is -2.46. The Morgan fingerprint density at radius 3 is 2.65 bits per heavy atom. The average Bonchev–Trinajstić information content (AvgIpc) is 2.26. The maximum absolute atomic E-state index is 12.0. The molecule has 0 saturated heterocycles. The molecule has 0 aromatic carbocycles. The number of hydrogen-bond donors (Lipinski definition) is 1. The minimum atomic E-state index is -0.659. The zero-order chi connectivity index (χ0) is 15.4. The zero-order valence-electron chi connectivity index (χ0n) is 12.4. The highest BCUT2D eigenvalue weighted by molar-refractivity contribution is 9.10. The Labute approximate surface area is 128 Å². The van der Waals surface area contributed by atoms with Crippen LogP contribution in [-0.2, 0) is 10.3 Å². The standard InChI is InChI=1S/C15H21BrN2O2/c1-6-8-15(5,12-10-11(16)7-9-17-12)18-13(19)20-14(2,3)4/h6-7,9-10H,1,8H2,2-5H3,(H,18,19)/t15-/m0/s1. The number of aromatic nitrogens is 1. The van der Waals surface area contributed by atoms with E-state index < -0.39 is 17.2 Å². The second-order valence-corrected chi connectivity index (χ2v) is 6.73. The van der Waals surface area contributed by atoms with E-state index in [4.69, 9.17) is 4.74 Å². The Morgan fingerprint density at radius 2 is 2.15 bits per heavy atom. The lowest BCUT2D eigenvalue weighted by molar-refractivity contribution is 0.0460.